The molecule has 4 rings (SSSR count). The van der Waals surface area contributed by atoms with Crippen LogP contribution >= 0.6 is 11.6 Å². The first-order valence-electron chi connectivity index (χ1n) is 10.6. The number of halogens is 2. The van der Waals surface area contributed by atoms with Gasteiger partial charge in [0, 0.05) is 36.8 Å². The monoisotopic (exact) mass is 436 g/mol. The quantitative estimate of drug-likeness (QED) is 0.561. The fraction of sp³-hybridized carbons (Fsp3) is 0.269. The fourth-order valence-electron chi connectivity index (χ4n) is 4.31. The largest absolute Gasteiger partial charge is 0.352 e. The summed E-state index contributed by atoms with van der Waals surface area (Å²) in [7, 11) is 0. The summed E-state index contributed by atoms with van der Waals surface area (Å²) in [4.78, 5) is 15.3. The number of hydrogen-bond acceptors (Lipinski definition) is 2. The number of nitrogens with one attached hydrogen (secondary N) is 1. The predicted molar refractivity (Wildman–Crippen MR) is 122 cm³/mol. The zero-order chi connectivity index (χ0) is 21.6. The maximum absolute atomic E-state index is 13.9. The normalized spacial score (nSPS) is 19.2. The van der Waals surface area contributed by atoms with Gasteiger partial charge in [0.05, 0.1) is 5.92 Å². The van der Waals surface area contributed by atoms with Crippen molar-refractivity contribution in [1.29, 1.82) is 0 Å². The summed E-state index contributed by atoms with van der Waals surface area (Å²) >= 11 is 6.39. The molecule has 1 fully saturated rings. The minimum atomic E-state index is -0.297. The SMILES string of the molecule is O=C(NCc1ccccc1F)C1CC(c2ccccc2)CN(Cc2ccccc2Cl)C1. The maximum atomic E-state index is 13.9. The Bertz CT molecular complexity index is 1030. The molecule has 0 bridgehead atoms. The molecule has 0 spiro atoms. The Morgan fingerprint density at radius 1 is 0.935 bits per heavy atom. The fourth-order valence-corrected chi connectivity index (χ4v) is 4.51. The van der Waals surface area contributed by atoms with Crippen molar-refractivity contribution in [3.63, 3.8) is 0 Å². The number of carbonyl (C=O) groups excluding carboxylic acids is 1. The van der Waals surface area contributed by atoms with E-state index in [4.69, 9.17) is 11.6 Å². The standard InChI is InChI=1S/C26H26ClFN2O/c27-24-12-6-4-11-21(24)16-30-17-22(19-8-2-1-3-9-19)14-23(18-30)26(31)29-15-20-10-5-7-13-25(20)28/h1-13,22-23H,14-18H2,(H,29,31). The summed E-state index contributed by atoms with van der Waals surface area (Å²) in [5.74, 6) is -0.253. The van der Waals surface area contributed by atoms with Crippen LogP contribution in [0.4, 0.5) is 4.39 Å². The third-order valence-corrected chi connectivity index (χ3v) is 6.30. The highest BCUT2D eigenvalue weighted by molar-refractivity contribution is 6.31. The summed E-state index contributed by atoms with van der Waals surface area (Å²) in [6, 6.07) is 24.7. The van der Waals surface area contributed by atoms with Gasteiger partial charge in [-0.3, -0.25) is 9.69 Å². The van der Waals surface area contributed by atoms with E-state index in [2.05, 4.69) is 22.3 Å². The van der Waals surface area contributed by atoms with Crippen molar-refractivity contribution in [2.45, 2.75) is 25.4 Å². The summed E-state index contributed by atoms with van der Waals surface area (Å²) in [6.07, 6.45) is 0.770. The van der Waals surface area contributed by atoms with Gasteiger partial charge in [0.15, 0.2) is 0 Å². The summed E-state index contributed by atoms with van der Waals surface area (Å²) < 4.78 is 13.9. The Labute approximate surface area is 187 Å². The zero-order valence-electron chi connectivity index (χ0n) is 17.3. The van der Waals surface area contributed by atoms with Crippen LogP contribution in [-0.4, -0.2) is 23.9 Å². The average molecular weight is 437 g/mol. The molecule has 2 unspecified atom stereocenters. The molecule has 1 N–H and O–H groups in total. The molecule has 2 atom stereocenters. The van der Waals surface area contributed by atoms with E-state index < -0.39 is 0 Å². The third kappa shape index (κ3) is 5.52. The van der Waals surface area contributed by atoms with Gasteiger partial charge >= 0.3 is 0 Å². The van der Waals surface area contributed by atoms with Crippen molar-refractivity contribution >= 4 is 17.5 Å². The molecule has 3 aromatic carbocycles. The Balaban J connectivity index is 1.49. The highest BCUT2D eigenvalue weighted by Gasteiger charge is 2.32. The Kier molecular flexibility index (Phi) is 7.00. The number of amides is 1. The molecule has 1 aliphatic heterocycles. The van der Waals surface area contributed by atoms with E-state index in [-0.39, 0.29) is 30.1 Å². The number of piperidine rings is 1. The van der Waals surface area contributed by atoms with E-state index >= 15 is 0 Å². The van der Waals surface area contributed by atoms with Crippen LogP contribution in [0, 0.1) is 11.7 Å². The molecule has 0 radical (unpaired) electrons. The smallest absolute Gasteiger partial charge is 0.224 e. The van der Waals surface area contributed by atoms with Gasteiger partial charge in [-0.15, -0.1) is 0 Å². The van der Waals surface area contributed by atoms with E-state index in [0.717, 1.165) is 23.6 Å². The highest BCUT2D eigenvalue weighted by Crippen LogP contribution is 2.32. The first kappa shape index (κ1) is 21.5. The van der Waals surface area contributed by atoms with Crippen molar-refractivity contribution in [3.05, 3.63) is 106 Å². The third-order valence-electron chi connectivity index (χ3n) is 5.93. The first-order valence-corrected chi connectivity index (χ1v) is 11.0. The Morgan fingerprint density at radius 2 is 1.61 bits per heavy atom. The maximum Gasteiger partial charge on any atom is 0.224 e. The molecule has 0 aliphatic carbocycles. The Morgan fingerprint density at radius 3 is 2.35 bits per heavy atom. The van der Waals surface area contributed by atoms with Crippen LogP contribution < -0.4 is 5.32 Å². The summed E-state index contributed by atoms with van der Waals surface area (Å²) in [5, 5.41) is 3.69. The number of carbonyl (C=O) groups is 1. The lowest BCUT2D eigenvalue weighted by Gasteiger charge is -2.37. The second-order valence-electron chi connectivity index (χ2n) is 8.13. The number of hydrogen-bond donors (Lipinski definition) is 1. The molecule has 1 aliphatic rings. The molecular weight excluding hydrogens is 411 g/mol. The molecule has 1 heterocycles. The number of rotatable bonds is 6. The Hall–Kier alpha value is -2.69. The molecule has 3 aromatic rings. The first-order chi connectivity index (χ1) is 15.1. The van der Waals surface area contributed by atoms with Crippen LogP contribution in [0.1, 0.15) is 29.0 Å². The van der Waals surface area contributed by atoms with Crippen LogP contribution in [0.5, 0.6) is 0 Å². The van der Waals surface area contributed by atoms with E-state index in [1.165, 1.54) is 11.6 Å². The van der Waals surface area contributed by atoms with Crippen molar-refractivity contribution < 1.29 is 9.18 Å². The summed E-state index contributed by atoms with van der Waals surface area (Å²) in [5.41, 5.74) is 2.79. The van der Waals surface area contributed by atoms with Crippen molar-refractivity contribution in [2.24, 2.45) is 5.92 Å². The minimum absolute atomic E-state index is 0.0342. The minimum Gasteiger partial charge on any atom is -0.352 e. The topological polar surface area (TPSA) is 32.3 Å². The van der Waals surface area contributed by atoms with Gasteiger partial charge in [-0.1, -0.05) is 78.3 Å². The lowest BCUT2D eigenvalue weighted by molar-refractivity contribution is -0.127. The van der Waals surface area contributed by atoms with Crippen LogP contribution in [0.25, 0.3) is 0 Å². The van der Waals surface area contributed by atoms with E-state index in [1.54, 1.807) is 18.2 Å². The molecule has 0 saturated carbocycles. The summed E-state index contributed by atoms with van der Waals surface area (Å²) in [6.45, 7) is 2.41. The molecule has 160 valence electrons. The lowest BCUT2D eigenvalue weighted by atomic mass is 9.84. The van der Waals surface area contributed by atoms with Gasteiger partial charge in [-0.2, -0.15) is 0 Å². The molecule has 31 heavy (non-hydrogen) atoms. The number of nitrogens with zero attached hydrogens (tertiary/aromatic N) is 1. The van der Waals surface area contributed by atoms with Gasteiger partial charge in [-0.05, 0) is 35.6 Å². The van der Waals surface area contributed by atoms with Gasteiger partial charge in [0.1, 0.15) is 5.82 Å². The van der Waals surface area contributed by atoms with Crippen molar-refractivity contribution in [2.75, 3.05) is 13.1 Å². The molecule has 0 aromatic heterocycles. The van der Waals surface area contributed by atoms with Gasteiger partial charge in [-0.25, -0.2) is 4.39 Å². The van der Waals surface area contributed by atoms with Gasteiger partial charge in [0.25, 0.3) is 0 Å². The molecule has 5 heteroatoms. The molecular formula is C26H26ClFN2O. The van der Waals surface area contributed by atoms with Crippen molar-refractivity contribution in [1.82, 2.24) is 10.2 Å². The molecule has 3 nitrogen and oxygen atoms in total. The van der Waals surface area contributed by atoms with Gasteiger partial charge < -0.3 is 5.32 Å². The van der Waals surface area contributed by atoms with Crippen LogP contribution in [0.15, 0.2) is 78.9 Å². The lowest BCUT2D eigenvalue weighted by Crippen LogP contribution is -2.45. The second kappa shape index (κ2) is 10.1. The van der Waals surface area contributed by atoms with Crippen molar-refractivity contribution in [3.8, 4) is 0 Å². The molecule has 1 amide bonds. The molecule has 1 saturated heterocycles. The predicted octanol–water partition coefficient (Wildman–Crippen LogP) is 5.40. The van der Waals surface area contributed by atoms with Gasteiger partial charge in [0.2, 0.25) is 5.91 Å². The van der Waals surface area contributed by atoms with E-state index in [1.807, 2.05) is 42.5 Å². The highest BCUT2D eigenvalue weighted by atomic mass is 35.5. The number of likely N-dealkylation sites (tertiary alicyclic amines) is 1. The number of benzene rings is 3. The van der Waals surface area contributed by atoms with Crippen LogP contribution in [0.3, 0.4) is 0 Å². The van der Waals surface area contributed by atoms with E-state index in [9.17, 15) is 9.18 Å². The average Bonchev–Trinajstić information content (AvgIpc) is 2.80. The second-order valence-corrected chi connectivity index (χ2v) is 8.54. The van der Waals surface area contributed by atoms with Crippen LogP contribution in [0.2, 0.25) is 5.02 Å². The van der Waals surface area contributed by atoms with Crippen LogP contribution in [-0.2, 0) is 17.9 Å². The zero-order valence-corrected chi connectivity index (χ0v) is 18.1. The van der Waals surface area contributed by atoms with E-state index in [0.29, 0.717) is 18.7 Å².